The topological polar surface area (TPSA) is 16.4 Å². The van der Waals surface area contributed by atoms with E-state index in [1.165, 1.54) is 55.6 Å². The molecule has 0 N–H and O–H groups in total. The number of benzene rings is 8. The molecule has 9 aromatic rings. The lowest BCUT2D eigenvalue weighted by Gasteiger charge is -2.31. The minimum Gasteiger partial charge on any atom is -0.456 e. The van der Waals surface area contributed by atoms with E-state index in [1.807, 2.05) is 0 Å². The number of fused-ring (bicyclic) bond motifs is 9. The van der Waals surface area contributed by atoms with Crippen LogP contribution >= 0.6 is 0 Å². The van der Waals surface area contributed by atoms with E-state index in [0.717, 1.165) is 44.6 Å². The quantitative estimate of drug-likeness (QED) is 0.177. The second-order valence-electron chi connectivity index (χ2n) is 15.8. The van der Waals surface area contributed by atoms with E-state index < -0.39 is 5.41 Å². The highest BCUT2D eigenvalue weighted by Crippen LogP contribution is 2.55. The number of para-hydroxylation sites is 2. The van der Waals surface area contributed by atoms with Crippen molar-refractivity contribution in [3.8, 4) is 33.4 Å². The zero-order valence-corrected chi connectivity index (χ0v) is 31.2. The largest absolute Gasteiger partial charge is 0.456 e. The van der Waals surface area contributed by atoms with Gasteiger partial charge in [0.2, 0.25) is 0 Å². The van der Waals surface area contributed by atoms with E-state index in [0.29, 0.717) is 0 Å². The van der Waals surface area contributed by atoms with Gasteiger partial charge in [-0.15, -0.1) is 0 Å². The lowest BCUT2D eigenvalue weighted by atomic mass is 9.73. The molecule has 0 radical (unpaired) electrons. The van der Waals surface area contributed by atoms with E-state index in [2.05, 4.69) is 208 Å². The summed E-state index contributed by atoms with van der Waals surface area (Å²) in [7, 11) is 0. The second-order valence-corrected chi connectivity index (χ2v) is 15.8. The zero-order valence-electron chi connectivity index (χ0n) is 31.2. The second kappa shape index (κ2) is 11.7. The van der Waals surface area contributed by atoms with Gasteiger partial charge >= 0.3 is 0 Å². The molecular weight excluding hydrogens is 667 g/mol. The molecule has 262 valence electrons. The zero-order chi connectivity index (χ0) is 36.9. The Morgan fingerprint density at radius 2 is 0.927 bits per heavy atom. The Hall–Kier alpha value is -6.64. The summed E-state index contributed by atoms with van der Waals surface area (Å²) in [5.74, 6) is 0. The van der Waals surface area contributed by atoms with E-state index >= 15 is 0 Å². The summed E-state index contributed by atoms with van der Waals surface area (Å²) in [6.45, 7) is 7.07. The van der Waals surface area contributed by atoms with Gasteiger partial charge in [-0.3, -0.25) is 0 Å². The highest BCUT2D eigenvalue weighted by Gasteiger charge is 2.43. The lowest BCUT2D eigenvalue weighted by molar-refractivity contribution is 0.638. The van der Waals surface area contributed by atoms with Crippen LogP contribution in [0.2, 0.25) is 0 Å². The van der Waals surface area contributed by atoms with Gasteiger partial charge in [0.25, 0.3) is 0 Å². The van der Waals surface area contributed by atoms with Crippen LogP contribution in [0.3, 0.4) is 0 Å². The predicted octanol–water partition coefficient (Wildman–Crippen LogP) is 14.4. The average Bonchev–Trinajstić information content (AvgIpc) is 3.82. The van der Waals surface area contributed by atoms with Crippen LogP contribution in [0.4, 0.5) is 17.1 Å². The van der Waals surface area contributed by atoms with Crippen molar-refractivity contribution in [2.45, 2.75) is 31.6 Å². The Morgan fingerprint density at radius 1 is 0.382 bits per heavy atom. The molecule has 0 atom stereocenters. The number of anilines is 3. The molecule has 1 heterocycles. The van der Waals surface area contributed by atoms with Crippen molar-refractivity contribution in [3.05, 3.63) is 210 Å². The van der Waals surface area contributed by atoms with Crippen molar-refractivity contribution in [3.63, 3.8) is 0 Å². The van der Waals surface area contributed by atoms with Crippen molar-refractivity contribution >= 4 is 39.0 Å². The molecule has 2 aliphatic rings. The normalized spacial score (nSPS) is 14.4. The summed E-state index contributed by atoms with van der Waals surface area (Å²) in [5.41, 5.74) is 18.9. The number of hydrogen-bond donors (Lipinski definition) is 0. The standard InChI is InChI=1S/C53H39NO/c1-52(2)45-21-11-7-17-39(45)42-30-27-35(31-48(42)52)34-25-28-37(29-26-34)54(36-15-5-4-6-16-36)38-32-44-43-20-10-14-24-50(43)55-51(44)49(33-38)53(3)46-22-12-8-18-40(46)41-19-9-13-23-47(41)53/h4-33H,1-3H3. The number of rotatable bonds is 5. The van der Waals surface area contributed by atoms with Crippen molar-refractivity contribution in [2.24, 2.45) is 0 Å². The molecule has 0 aliphatic heterocycles. The van der Waals surface area contributed by atoms with Crippen LogP contribution in [0.5, 0.6) is 0 Å². The molecule has 2 nitrogen and oxygen atoms in total. The minimum absolute atomic E-state index is 0.0451. The summed E-state index contributed by atoms with van der Waals surface area (Å²) in [6, 6.07) is 66.6. The Labute approximate surface area is 322 Å². The molecule has 8 aromatic carbocycles. The maximum atomic E-state index is 6.85. The number of hydrogen-bond acceptors (Lipinski definition) is 2. The van der Waals surface area contributed by atoms with Crippen LogP contribution in [-0.4, -0.2) is 0 Å². The summed E-state index contributed by atoms with van der Waals surface area (Å²) in [4.78, 5) is 2.40. The maximum absolute atomic E-state index is 6.85. The van der Waals surface area contributed by atoms with Gasteiger partial charge in [0.15, 0.2) is 0 Å². The molecule has 0 saturated heterocycles. The number of nitrogens with zero attached hydrogens (tertiary/aromatic N) is 1. The molecule has 0 amide bonds. The molecule has 2 aliphatic carbocycles. The van der Waals surface area contributed by atoms with Crippen LogP contribution in [0.25, 0.3) is 55.3 Å². The fourth-order valence-electron chi connectivity index (χ4n) is 9.77. The van der Waals surface area contributed by atoms with Gasteiger partial charge in [-0.2, -0.15) is 0 Å². The highest BCUT2D eigenvalue weighted by molar-refractivity contribution is 6.09. The SMILES string of the molecule is CC1(C)c2ccccc2-c2ccc(-c3ccc(N(c4ccccc4)c4cc(C5(C)c6ccccc6-c6ccccc65)c5oc6ccccc6c5c4)cc3)cc21. The van der Waals surface area contributed by atoms with Gasteiger partial charge in [0, 0.05) is 44.2 Å². The first-order valence-corrected chi connectivity index (χ1v) is 19.3. The van der Waals surface area contributed by atoms with E-state index in [1.54, 1.807) is 0 Å². The minimum atomic E-state index is -0.442. The third-order valence-corrected chi connectivity index (χ3v) is 12.5. The maximum Gasteiger partial charge on any atom is 0.140 e. The molecule has 1 aromatic heterocycles. The highest BCUT2D eigenvalue weighted by atomic mass is 16.3. The van der Waals surface area contributed by atoms with Gasteiger partial charge in [-0.1, -0.05) is 147 Å². The number of furan rings is 1. The van der Waals surface area contributed by atoms with Gasteiger partial charge in [0.1, 0.15) is 11.2 Å². The van der Waals surface area contributed by atoms with Crippen LogP contribution in [0.15, 0.2) is 186 Å². The fraction of sp³-hybridized carbons (Fsp3) is 0.0943. The van der Waals surface area contributed by atoms with Gasteiger partial charge in [-0.05, 0) is 111 Å². The van der Waals surface area contributed by atoms with Gasteiger partial charge in [-0.25, -0.2) is 0 Å². The predicted molar refractivity (Wildman–Crippen MR) is 229 cm³/mol. The Bertz CT molecular complexity index is 2920. The van der Waals surface area contributed by atoms with Crippen molar-refractivity contribution in [1.82, 2.24) is 0 Å². The summed E-state index contributed by atoms with van der Waals surface area (Å²) in [6.07, 6.45) is 0. The first-order valence-electron chi connectivity index (χ1n) is 19.3. The van der Waals surface area contributed by atoms with E-state index in [9.17, 15) is 0 Å². The van der Waals surface area contributed by atoms with Crippen molar-refractivity contribution in [1.29, 1.82) is 0 Å². The van der Waals surface area contributed by atoms with Crippen molar-refractivity contribution < 1.29 is 4.42 Å². The van der Waals surface area contributed by atoms with E-state index in [-0.39, 0.29) is 5.41 Å². The van der Waals surface area contributed by atoms with Gasteiger partial charge < -0.3 is 9.32 Å². The molecule has 0 fully saturated rings. The van der Waals surface area contributed by atoms with Crippen LogP contribution in [0, 0.1) is 0 Å². The first kappa shape index (κ1) is 31.8. The molecule has 2 heteroatoms. The van der Waals surface area contributed by atoms with Crippen LogP contribution in [0.1, 0.15) is 48.6 Å². The Morgan fingerprint density at radius 3 is 1.64 bits per heavy atom. The van der Waals surface area contributed by atoms with Crippen LogP contribution in [-0.2, 0) is 10.8 Å². The molecule has 0 unspecified atom stereocenters. The fourth-order valence-corrected chi connectivity index (χ4v) is 9.77. The molecular formula is C53H39NO. The van der Waals surface area contributed by atoms with Crippen LogP contribution < -0.4 is 4.90 Å². The Kier molecular flexibility index (Phi) is 6.76. The third kappa shape index (κ3) is 4.55. The smallest absolute Gasteiger partial charge is 0.140 e. The third-order valence-electron chi connectivity index (χ3n) is 12.5. The lowest BCUT2D eigenvalue weighted by Crippen LogP contribution is -2.23. The summed E-state index contributed by atoms with van der Waals surface area (Å²) in [5, 5.41) is 2.24. The first-order chi connectivity index (χ1) is 26.9. The van der Waals surface area contributed by atoms with E-state index in [4.69, 9.17) is 4.42 Å². The molecule has 0 saturated carbocycles. The summed E-state index contributed by atoms with van der Waals surface area (Å²) >= 11 is 0. The van der Waals surface area contributed by atoms with Crippen molar-refractivity contribution in [2.75, 3.05) is 4.90 Å². The average molecular weight is 706 g/mol. The molecule has 0 bridgehead atoms. The molecule has 55 heavy (non-hydrogen) atoms. The van der Waals surface area contributed by atoms with Gasteiger partial charge in [0.05, 0.1) is 0 Å². The molecule has 11 rings (SSSR count). The monoisotopic (exact) mass is 705 g/mol. The molecule has 0 spiro atoms. The summed E-state index contributed by atoms with van der Waals surface area (Å²) < 4.78 is 6.85. The Balaban J connectivity index is 1.10.